The first-order chi connectivity index (χ1) is 4.84. The zero-order chi connectivity index (χ0) is 7.40. The molecule has 56 valence electrons. The first-order valence-electron chi connectivity index (χ1n) is 3.19. The number of rotatable bonds is 3. The monoisotopic (exact) mass is 143 g/mol. The van der Waals surface area contributed by atoms with E-state index in [9.17, 15) is 4.39 Å². The van der Waals surface area contributed by atoms with E-state index in [-0.39, 0.29) is 6.04 Å². The molecule has 2 nitrogen and oxygen atoms in total. The van der Waals surface area contributed by atoms with E-state index in [1.165, 1.54) is 6.26 Å². The van der Waals surface area contributed by atoms with Crippen molar-refractivity contribution in [1.82, 2.24) is 0 Å². The van der Waals surface area contributed by atoms with Gasteiger partial charge < -0.3 is 10.2 Å². The fourth-order valence-electron chi connectivity index (χ4n) is 0.762. The van der Waals surface area contributed by atoms with Gasteiger partial charge in [0, 0.05) is 0 Å². The third-order valence-corrected chi connectivity index (χ3v) is 1.33. The van der Waals surface area contributed by atoms with Gasteiger partial charge in [-0.3, -0.25) is 4.39 Å². The van der Waals surface area contributed by atoms with E-state index < -0.39 is 6.67 Å². The van der Waals surface area contributed by atoms with Gasteiger partial charge in [0.05, 0.1) is 19.0 Å². The predicted octanol–water partition coefficient (Wildman–Crippen LogP) is 1.64. The van der Waals surface area contributed by atoms with E-state index in [4.69, 9.17) is 10.2 Å². The summed E-state index contributed by atoms with van der Waals surface area (Å²) in [5.74, 6) is 0.651. The maximum Gasteiger partial charge on any atom is 0.120 e. The van der Waals surface area contributed by atoms with Gasteiger partial charge in [-0.15, -0.1) is 0 Å². The Bertz CT molecular complexity index is 174. The molecule has 0 spiro atoms. The molecule has 0 fully saturated rings. The molecule has 0 saturated heterocycles. The standard InChI is InChI=1S/C7H10FNO/c8-4-3-6(9)7-2-1-5-10-7/h1-2,5-6H,3-4,9H2/t6-/m1/s1. The molecule has 0 aromatic carbocycles. The summed E-state index contributed by atoms with van der Waals surface area (Å²) in [6.07, 6.45) is 1.86. The second kappa shape index (κ2) is 3.37. The topological polar surface area (TPSA) is 39.2 Å². The van der Waals surface area contributed by atoms with Gasteiger partial charge >= 0.3 is 0 Å². The van der Waals surface area contributed by atoms with Crippen LogP contribution in [0.5, 0.6) is 0 Å². The van der Waals surface area contributed by atoms with E-state index in [2.05, 4.69) is 0 Å². The largest absolute Gasteiger partial charge is 0.468 e. The highest BCUT2D eigenvalue weighted by atomic mass is 19.1. The summed E-state index contributed by atoms with van der Waals surface area (Å²) in [7, 11) is 0. The van der Waals surface area contributed by atoms with Crippen LogP contribution in [0.4, 0.5) is 4.39 Å². The van der Waals surface area contributed by atoms with Crippen LogP contribution in [-0.4, -0.2) is 6.67 Å². The Labute approximate surface area is 58.8 Å². The smallest absolute Gasteiger partial charge is 0.120 e. The summed E-state index contributed by atoms with van der Waals surface area (Å²) < 4.78 is 16.7. The molecular weight excluding hydrogens is 133 g/mol. The van der Waals surface area contributed by atoms with Crippen LogP contribution in [0, 0.1) is 0 Å². The van der Waals surface area contributed by atoms with Crippen LogP contribution in [0.15, 0.2) is 22.8 Å². The first-order valence-corrected chi connectivity index (χ1v) is 3.19. The van der Waals surface area contributed by atoms with Gasteiger partial charge in [0.25, 0.3) is 0 Å². The van der Waals surface area contributed by atoms with E-state index in [0.717, 1.165) is 0 Å². The van der Waals surface area contributed by atoms with Gasteiger partial charge in [0.15, 0.2) is 0 Å². The minimum Gasteiger partial charge on any atom is -0.468 e. The molecular formula is C7H10FNO. The van der Waals surface area contributed by atoms with E-state index >= 15 is 0 Å². The molecule has 0 radical (unpaired) electrons. The molecule has 0 aliphatic rings. The molecule has 0 amide bonds. The Morgan fingerprint density at radius 1 is 1.70 bits per heavy atom. The lowest BCUT2D eigenvalue weighted by molar-refractivity contribution is 0.397. The molecule has 0 unspecified atom stereocenters. The van der Waals surface area contributed by atoms with Crippen molar-refractivity contribution < 1.29 is 8.81 Å². The average Bonchev–Trinajstić information content (AvgIpc) is 2.38. The Hall–Kier alpha value is -0.830. The summed E-state index contributed by atoms with van der Waals surface area (Å²) in [6, 6.07) is 3.20. The molecule has 1 heterocycles. The lowest BCUT2D eigenvalue weighted by Gasteiger charge is -2.03. The Morgan fingerprint density at radius 3 is 3.00 bits per heavy atom. The zero-order valence-electron chi connectivity index (χ0n) is 5.59. The molecule has 1 aromatic heterocycles. The van der Waals surface area contributed by atoms with Crippen LogP contribution in [-0.2, 0) is 0 Å². The van der Waals surface area contributed by atoms with Gasteiger partial charge in [0.1, 0.15) is 5.76 Å². The average molecular weight is 143 g/mol. The normalized spacial score (nSPS) is 13.4. The van der Waals surface area contributed by atoms with Crippen molar-refractivity contribution in [1.29, 1.82) is 0 Å². The Balaban J connectivity index is 2.50. The molecule has 0 aliphatic heterocycles. The van der Waals surface area contributed by atoms with Crippen molar-refractivity contribution in [3.05, 3.63) is 24.2 Å². The maximum absolute atomic E-state index is 11.7. The first kappa shape index (κ1) is 7.28. The molecule has 1 aromatic rings. The summed E-state index contributed by atoms with van der Waals surface area (Å²) in [4.78, 5) is 0. The lowest BCUT2D eigenvalue weighted by atomic mass is 10.2. The third kappa shape index (κ3) is 1.57. The fraction of sp³-hybridized carbons (Fsp3) is 0.429. The van der Waals surface area contributed by atoms with Crippen molar-refractivity contribution in [3.63, 3.8) is 0 Å². The summed E-state index contributed by atoms with van der Waals surface area (Å²) >= 11 is 0. The molecule has 0 bridgehead atoms. The molecule has 10 heavy (non-hydrogen) atoms. The number of furan rings is 1. The highest BCUT2D eigenvalue weighted by molar-refractivity contribution is 5.02. The van der Waals surface area contributed by atoms with Gasteiger partial charge in [0.2, 0.25) is 0 Å². The maximum atomic E-state index is 11.7. The minimum absolute atomic E-state index is 0.292. The molecule has 1 rings (SSSR count). The van der Waals surface area contributed by atoms with Crippen LogP contribution in [0.25, 0.3) is 0 Å². The lowest BCUT2D eigenvalue weighted by Crippen LogP contribution is -2.09. The fourth-order valence-corrected chi connectivity index (χ4v) is 0.762. The van der Waals surface area contributed by atoms with Crippen molar-refractivity contribution in [3.8, 4) is 0 Å². The van der Waals surface area contributed by atoms with Gasteiger partial charge in [-0.05, 0) is 18.6 Å². The Morgan fingerprint density at radius 2 is 2.50 bits per heavy atom. The van der Waals surface area contributed by atoms with Crippen molar-refractivity contribution in [2.45, 2.75) is 12.5 Å². The van der Waals surface area contributed by atoms with Crippen LogP contribution in [0.2, 0.25) is 0 Å². The van der Waals surface area contributed by atoms with E-state index in [1.807, 2.05) is 0 Å². The second-order valence-electron chi connectivity index (χ2n) is 2.10. The van der Waals surface area contributed by atoms with Crippen molar-refractivity contribution in [2.24, 2.45) is 5.73 Å². The summed E-state index contributed by atoms with van der Waals surface area (Å²) in [5, 5.41) is 0. The summed E-state index contributed by atoms with van der Waals surface area (Å²) in [6.45, 7) is -0.401. The van der Waals surface area contributed by atoms with Gasteiger partial charge in [-0.25, -0.2) is 0 Å². The number of alkyl halides is 1. The molecule has 0 aliphatic carbocycles. The van der Waals surface area contributed by atoms with Crippen LogP contribution in [0.3, 0.4) is 0 Å². The minimum atomic E-state index is -0.401. The number of halogens is 1. The van der Waals surface area contributed by atoms with Crippen molar-refractivity contribution in [2.75, 3.05) is 6.67 Å². The molecule has 2 N–H and O–H groups in total. The SMILES string of the molecule is N[C@H](CCF)c1ccco1. The van der Waals surface area contributed by atoms with E-state index in [1.54, 1.807) is 12.1 Å². The third-order valence-electron chi connectivity index (χ3n) is 1.33. The summed E-state index contributed by atoms with van der Waals surface area (Å²) in [5.41, 5.74) is 5.52. The predicted molar refractivity (Wildman–Crippen MR) is 36.2 cm³/mol. The van der Waals surface area contributed by atoms with Gasteiger partial charge in [-0.1, -0.05) is 0 Å². The highest BCUT2D eigenvalue weighted by Crippen LogP contribution is 2.13. The number of nitrogens with two attached hydrogens (primary N) is 1. The van der Waals surface area contributed by atoms with Crippen LogP contribution in [0.1, 0.15) is 18.2 Å². The number of hydrogen-bond acceptors (Lipinski definition) is 2. The van der Waals surface area contributed by atoms with E-state index in [0.29, 0.717) is 12.2 Å². The van der Waals surface area contributed by atoms with Gasteiger partial charge in [-0.2, -0.15) is 0 Å². The Kier molecular flexibility index (Phi) is 2.45. The zero-order valence-corrected chi connectivity index (χ0v) is 5.59. The quantitative estimate of drug-likeness (QED) is 0.698. The molecule has 1 atom stereocenters. The molecule has 0 saturated carbocycles. The molecule has 3 heteroatoms. The second-order valence-corrected chi connectivity index (χ2v) is 2.10. The number of hydrogen-bond donors (Lipinski definition) is 1. The van der Waals surface area contributed by atoms with Crippen molar-refractivity contribution >= 4 is 0 Å². The van der Waals surface area contributed by atoms with Crippen LogP contribution >= 0.6 is 0 Å². The van der Waals surface area contributed by atoms with Crippen LogP contribution < -0.4 is 5.73 Å². The highest BCUT2D eigenvalue weighted by Gasteiger charge is 2.06.